The van der Waals surface area contributed by atoms with E-state index in [-0.39, 0.29) is 23.0 Å². The fourth-order valence-electron chi connectivity index (χ4n) is 1.60. The largest absolute Gasteiger partial charge is 0.346 e. The van der Waals surface area contributed by atoms with Crippen LogP contribution in [0.15, 0.2) is 36.7 Å². The highest BCUT2D eigenvalue weighted by molar-refractivity contribution is 5.92. The summed E-state index contributed by atoms with van der Waals surface area (Å²) in [5, 5.41) is 5.78. The van der Waals surface area contributed by atoms with E-state index in [2.05, 4.69) is 20.6 Å². The average Bonchev–Trinajstić information content (AvgIpc) is 2.40. The molecule has 110 valence electrons. The number of carbonyl (C=O) groups excluding carboxylic acids is 1. The maximum absolute atomic E-state index is 12.8. The van der Waals surface area contributed by atoms with Crippen LogP contribution in [-0.4, -0.2) is 21.4 Å². The summed E-state index contributed by atoms with van der Waals surface area (Å²) in [4.78, 5) is 20.1. The second-order valence-corrected chi connectivity index (χ2v) is 5.62. The smallest absolute Gasteiger partial charge is 0.271 e. The van der Waals surface area contributed by atoms with Crippen LogP contribution in [-0.2, 0) is 0 Å². The Labute approximate surface area is 122 Å². The molecule has 1 aromatic heterocycles. The van der Waals surface area contributed by atoms with E-state index in [0.29, 0.717) is 11.5 Å². The second kappa shape index (κ2) is 5.87. The fourth-order valence-corrected chi connectivity index (χ4v) is 1.60. The van der Waals surface area contributed by atoms with Gasteiger partial charge in [0, 0.05) is 11.2 Å². The highest BCUT2D eigenvalue weighted by atomic mass is 19.1. The summed E-state index contributed by atoms with van der Waals surface area (Å²) in [6, 6.07) is 5.89. The Hall–Kier alpha value is -2.50. The van der Waals surface area contributed by atoms with Crippen molar-refractivity contribution >= 4 is 17.4 Å². The minimum Gasteiger partial charge on any atom is -0.346 e. The van der Waals surface area contributed by atoms with Crippen LogP contribution >= 0.6 is 0 Å². The number of halogens is 1. The van der Waals surface area contributed by atoms with Gasteiger partial charge in [0.05, 0.1) is 12.4 Å². The summed E-state index contributed by atoms with van der Waals surface area (Å²) >= 11 is 0. The Kier molecular flexibility index (Phi) is 4.16. The second-order valence-electron chi connectivity index (χ2n) is 5.62. The number of anilines is 2. The van der Waals surface area contributed by atoms with Gasteiger partial charge in [0.15, 0.2) is 0 Å². The van der Waals surface area contributed by atoms with E-state index in [1.54, 1.807) is 12.1 Å². The molecule has 0 saturated carbocycles. The van der Waals surface area contributed by atoms with Crippen LogP contribution in [0.4, 0.5) is 15.9 Å². The van der Waals surface area contributed by atoms with Crippen LogP contribution in [0.2, 0.25) is 0 Å². The van der Waals surface area contributed by atoms with Crippen molar-refractivity contribution in [2.24, 2.45) is 0 Å². The quantitative estimate of drug-likeness (QED) is 0.911. The standard InChI is InChI=1S/C15H17FN4O/c1-15(2,3)20-14(21)12-8-18-13(9-17-12)19-11-6-4-10(16)5-7-11/h4-9H,1-3H3,(H,18,19)(H,20,21). The molecule has 1 heterocycles. The van der Waals surface area contributed by atoms with E-state index in [1.165, 1.54) is 24.5 Å². The number of aromatic nitrogens is 2. The van der Waals surface area contributed by atoms with Crippen molar-refractivity contribution in [3.63, 3.8) is 0 Å². The van der Waals surface area contributed by atoms with E-state index >= 15 is 0 Å². The molecule has 0 bridgehead atoms. The molecule has 2 rings (SSSR count). The Morgan fingerprint density at radius 3 is 2.29 bits per heavy atom. The lowest BCUT2D eigenvalue weighted by molar-refractivity contribution is 0.0914. The van der Waals surface area contributed by atoms with E-state index in [4.69, 9.17) is 0 Å². The predicted octanol–water partition coefficient (Wildman–Crippen LogP) is 2.89. The molecule has 0 saturated heterocycles. The molecule has 1 aromatic carbocycles. The minimum atomic E-state index is -0.330. The SMILES string of the molecule is CC(C)(C)NC(=O)c1cnc(Nc2ccc(F)cc2)cn1. The van der Waals surface area contributed by atoms with Crippen LogP contribution in [0.25, 0.3) is 0 Å². The van der Waals surface area contributed by atoms with Gasteiger partial charge >= 0.3 is 0 Å². The summed E-state index contributed by atoms with van der Waals surface area (Å²) in [6.07, 6.45) is 2.86. The van der Waals surface area contributed by atoms with E-state index in [1.807, 2.05) is 20.8 Å². The molecular formula is C15H17FN4O. The van der Waals surface area contributed by atoms with Gasteiger partial charge in [-0.2, -0.15) is 0 Å². The number of amides is 1. The summed E-state index contributed by atoms with van der Waals surface area (Å²) in [5.41, 5.74) is 0.608. The summed E-state index contributed by atoms with van der Waals surface area (Å²) < 4.78 is 12.8. The monoisotopic (exact) mass is 288 g/mol. The number of hydrogen-bond acceptors (Lipinski definition) is 4. The zero-order valence-corrected chi connectivity index (χ0v) is 12.1. The van der Waals surface area contributed by atoms with E-state index < -0.39 is 0 Å². The predicted molar refractivity (Wildman–Crippen MR) is 78.9 cm³/mol. The first-order valence-corrected chi connectivity index (χ1v) is 6.51. The first kappa shape index (κ1) is 14.9. The fraction of sp³-hybridized carbons (Fsp3) is 0.267. The highest BCUT2D eigenvalue weighted by Crippen LogP contribution is 2.14. The Morgan fingerprint density at radius 2 is 1.76 bits per heavy atom. The molecule has 0 radical (unpaired) electrons. The lowest BCUT2D eigenvalue weighted by Gasteiger charge is -2.19. The number of nitrogens with one attached hydrogen (secondary N) is 2. The molecule has 0 aliphatic rings. The number of nitrogens with zero attached hydrogens (tertiary/aromatic N) is 2. The van der Waals surface area contributed by atoms with Crippen molar-refractivity contribution in [1.82, 2.24) is 15.3 Å². The Morgan fingerprint density at radius 1 is 1.10 bits per heavy atom. The molecule has 0 atom stereocenters. The van der Waals surface area contributed by atoms with Crippen LogP contribution in [0, 0.1) is 5.82 Å². The topological polar surface area (TPSA) is 66.9 Å². The third kappa shape index (κ3) is 4.52. The number of hydrogen-bond donors (Lipinski definition) is 2. The molecule has 2 aromatic rings. The van der Waals surface area contributed by atoms with Gasteiger partial charge in [-0.05, 0) is 45.0 Å². The molecule has 21 heavy (non-hydrogen) atoms. The van der Waals surface area contributed by atoms with Crippen LogP contribution < -0.4 is 10.6 Å². The van der Waals surface area contributed by atoms with Gasteiger partial charge < -0.3 is 10.6 Å². The first-order chi connectivity index (χ1) is 9.83. The molecule has 0 fully saturated rings. The van der Waals surface area contributed by atoms with Crippen molar-refractivity contribution in [2.45, 2.75) is 26.3 Å². The summed E-state index contributed by atoms with van der Waals surface area (Å²) in [7, 11) is 0. The van der Waals surface area contributed by atoms with Gasteiger partial charge in [-0.15, -0.1) is 0 Å². The number of benzene rings is 1. The average molecular weight is 288 g/mol. The molecule has 0 aliphatic carbocycles. The third-order valence-corrected chi connectivity index (χ3v) is 2.49. The van der Waals surface area contributed by atoms with Gasteiger partial charge in [0.1, 0.15) is 17.3 Å². The summed E-state index contributed by atoms with van der Waals surface area (Å²) in [6.45, 7) is 5.67. The molecule has 0 aliphatic heterocycles. The maximum atomic E-state index is 12.8. The van der Waals surface area contributed by atoms with Gasteiger partial charge in [-0.3, -0.25) is 4.79 Å². The lowest BCUT2D eigenvalue weighted by atomic mass is 10.1. The van der Waals surface area contributed by atoms with E-state index in [9.17, 15) is 9.18 Å². The van der Waals surface area contributed by atoms with Crippen LogP contribution in [0.5, 0.6) is 0 Å². The summed E-state index contributed by atoms with van der Waals surface area (Å²) in [5.74, 6) is -0.0990. The molecule has 2 N–H and O–H groups in total. The van der Waals surface area contributed by atoms with Gasteiger partial charge in [0.25, 0.3) is 5.91 Å². The van der Waals surface area contributed by atoms with Crippen LogP contribution in [0.3, 0.4) is 0 Å². The molecule has 1 amide bonds. The number of rotatable bonds is 3. The molecule has 6 heteroatoms. The van der Waals surface area contributed by atoms with Gasteiger partial charge in [-0.25, -0.2) is 14.4 Å². The Bertz CT molecular complexity index is 618. The van der Waals surface area contributed by atoms with Crippen molar-refractivity contribution in [3.05, 3.63) is 48.2 Å². The van der Waals surface area contributed by atoms with Crippen LogP contribution in [0.1, 0.15) is 31.3 Å². The number of carbonyl (C=O) groups is 1. The maximum Gasteiger partial charge on any atom is 0.271 e. The zero-order valence-electron chi connectivity index (χ0n) is 12.1. The van der Waals surface area contributed by atoms with Crippen molar-refractivity contribution < 1.29 is 9.18 Å². The van der Waals surface area contributed by atoms with E-state index in [0.717, 1.165) is 0 Å². The minimum absolute atomic E-state index is 0.245. The molecule has 0 spiro atoms. The molecule has 5 nitrogen and oxygen atoms in total. The zero-order chi connectivity index (χ0) is 15.5. The molecule has 0 unspecified atom stereocenters. The van der Waals surface area contributed by atoms with Crippen molar-refractivity contribution in [2.75, 3.05) is 5.32 Å². The van der Waals surface area contributed by atoms with Gasteiger partial charge in [0.2, 0.25) is 0 Å². The van der Waals surface area contributed by atoms with Crippen molar-refractivity contribution in [1.29, 1.82) is 0 Å². The molecular weight excluding hydrogens is 271 g/mol. The highest BCUT2D eigenvalue weighted by Gasteiger charge is 2.16. The lowest BCUT2D eigenvalue weighted by Crippen LogP contribution is -2.40. The normalized spacial score (nSPS) is 11.0. The van der Waals surface area contributed by atoms with Crippen molar-refractivity contribution in [3.8, 4) is 0 Å². The Balaban J connectivity index is 2.05. The first-order valence-electron chi connectivity index (χ1n) is 6.51. The third-order valence-electron chi connectivity index (χ3n) is 2.49. The van der Waals surface area contributed by atoms with Gasteiger partial charge in [-0.1, -0.05) is 0 Å².